The van der Waals surface area contributed by atoms with Crippen LogP contribution in [0.2, 0.25) is 51.9 Å². The van der Waals surface area contributed by atoms with Crippen LogP contribution in [-0.2, 0) is 32.0 Å². The standard InChI is InChI=1S/C17H38O7Si3.8CH4/c1-17(2,3)12-27(10,24-26(7,8)9)23-14-21-16(19)11-15(18)20-13-22-25(4,5)6;;;;;;;;/h11-14H2,1-10H3;8*1H4. The van der Waals surface area contributed by atoms with Crippen molar-refractivity contribution in [2.75, 3.05) is 13.6 Å². The highest BCUT2D eigenvalue weighted by atomic mass is 28.4. The van der Waals surface area contributed by atoms with Crippen molar-refractivity contribution < 1.29 is 32.0 Å². The SMILES string of the molecule is C.C.C.C.C.C.C.C.CC(C)(C)C[Si](C)(OCOC(=O)CC(=O)OCO[Si](C)(C)C)O[Si](C)(C)C. The van der Waals surface area contributed by atoms with Gasteiger partial charge in [0, 0.05) is 0 Å². The Balaban J connectivity index is -0.000000121. The molecule has 0 heterocycles. The monoisotopic (exact) mass is 566 g/mol. The molecule has 0 radical (unpaired) electrons. The molecule has 1 unspecified atom stereocenters. The second-order valence-corrected chi connectivity index (χ2v) is 22.4. The fourth-order valence-electron chi connectivity index (χ4n) is 2.44. The maximum absolute atomic E-state index is 11.8. The summed E-state index contributed by atoms with van der Waals surface area (Å²) in [6, 6.07) is 0.776. The van der Waals surface area contributed by atoms with Gasteiger partial charge in [0.1, 0.15) is 6.42 Å². The third-order valence-electron chi connectivity index (χ3n) is 2.96. The highest BCUT2D eigenvalue weighted by Gasteiger charge is 2.40. The number of hydrogen-bond donors (Lipinski definition) is 0. The molecule has 0 spiro atoms. The molecule has 0 aromatic rings. The summed E-state index contributed by atoms with van der Waals surface area (Å²) in [5, 5.41) is 0. The van der Waals surface area contributed by atoms with Gasteiger partial charge in [0.2, 0.25) is 0 Å². The van der Waals surface area contributed by atoms with Crippen molar-refractivity contribution in [2.45, 2.75) is 138 Å². The van der Waals surface area contributed by atoms with Crippen LogP contribution in [-0.4, -0.2) is 50.7 Å². The van der Waals surface area contributed by atoms with E-state index in [2.05, 4.69) is 40.4 Å². The molecule has 0 bridgehead atoms. The van der Waals surface area contributed by atoms with E-state index in [4.69, 9.17) is 22.4 Å². The lowest BCUT2D eigenvalue weighted by atomic mass is 10.0. The molecule has 224 valence electrons. The summed E-state index contributed by atoms with van der Waals surface area (Å²) < 4.78 is 27.6. The summed E-state index contributed by atoms with van der Waals surface area (Å²) in [6.45, 7) is 20.3. The molecule has 0 amide bonds. The normalized spacial score (nSPS) is 11.7. The van der Waals surface area contributed by atoms with Gasteiger partial charge in [0.05, 0.1) is 0 Å². The van der Waals surface area contributed by atoms with E-state index in [1.807, 2.05) is 26.2 Å². The number of carbonyl (C=O) groups is 2. The second kappa shape index (κ2) is 23.8. The van der Waals surface area contributed by atoms with Crippen molar-refractivity contribution in [3.8, 4) is 0 Å². The van der Waals surface area contributed by atoms with Crippen LogP contribution in [0.25, 0.3) is 0 Å². The van der Waals surface area contributed by atoms with Gasteiger partial charge in [-0.25, -0.2) is 0 Å². The molecule has 10 heteroatoms. The summed E-state index contributed by atoms with van der Waals surface area (Å²) in [5.74, 6) is -1.36. The van der Waals surface area contributed by atoms with E-state index in [9.17, 15) is 9.59 Å². The highest BCUT2D eigenvalue weighted by Crippen LogP contribution is 2.31. The molecule has 1 atom stereocenters. The van der Waals surface area contributed by atoms with E-state index in [0.717, 1.165) is 6.04 Å². The van der Waals surface area contributed by atoms with Crippen LogP contribution in [0.1, 0.15) is 86.6 Å². The lowest BCUT2D eigenvalue weighted by Crippen LogP contribution is -2.49. The molecule has 0 aliphatic heterocycles. The molecule has 0 aromatic carbocycles. The lowest BCUT2D eigenvalue weighted by molar-refractivity contribution is -0.162. The van der Waals surface area contributed by atoms with Crippen molar-refractivity contribution in [2.24, 2.45) is 5.41 Å². The quantitative estimate of drug-likeness (QED) is 0.107. The zero-order valence-electron chi connectivity index (χ0n) is 18.7. The predicted octanol–water partition coefficient (Wildman–Crippen LogP) is 9.30. The molecule has 0 saturated carbocycles. The Labute approximate surface area is 226 Å². The fraction of sp³-hybridized carbons (Fsp3) is 0.920. The van der Waals surface area contributed by atoms with Crippen molar-refractivity contribution in [3.05, 3.63) is 0 Å². The fourth-order valence-corrected chi connectivity index (χ4v) is 10.9. The highest BCUT2D eigenvalue weighted by molar-refractivity contribution is 6.82. The maximum atomic E-state index is 11.8. The molecular weight excluding hydrogens is 497 g/mol. The summed E-state index contributed by atoms with van der Waals surface area (Å²) in [6.07, 6.45) is -0.467. The average Bonchev–Trinajstić information content (AvgIpc) is 2.31. The van der Waals surface area contributed by atoms with Gasteiger partial charge in [-0.3, -0.25) is 9.59 Å². The van der Waals surface area contributed by atoms with Gasteiger partial charge in [-0.05, 0) is 57.3 Å². The van der Waals surface area contributed by atoms with Gasteiger partial charge in [-0.2, -0.15) is 0 Å². The number of carbonyl (C=O) groups excluding carboxylic acids is 2. The maximum Gasteiger partial charge on any atom is 0.327 e. The Bertz CT molecular complexity index is 479. The van der Waals surface area contributed by atoms with Crippen LogP contribution < -0.4 is 0 Å². The van der Waals surface area contributed by atoms with Crippen LogP contribution >= 0.6 is 0 Å². The molecule has 0 aliphatic rings. The number of ether oxygens (including phenoxy) is 2. The van der Waals surface area contributed by atoms with Crippen molar-refractivity contribution in [3.63, 3.8) is 0 Å². The Hall–Kier alpha value is -0.529. The van der Waals surface area contributed by atoms with E-state index >= 15 is 0 Å². The summed E-state index contributed by atoms with van der Waals surface area (Å²) in [5.41, 5.74) is 0.0325. The third kappa shape index (κ3) is 38.2. The van der Waals surface area contributed by atoms with Gasteiger partial charge in [-0.1, -0.05) is 80.2 Å². The minimum absolute atomic E-state index is 0. The third-order valence-corrected chi connectivity index (χ3v) is 10.6. The molecule has 0 aromatic heterocycles. The zero-order valence-corrected chi connectivity index (χ0v) is 21.7. The van der Waals surface area contributed by atoms with Gasteiger partial charge in [0.15, 0.2) is 30.2 Å². The van der Waals surface area contributed by atoms with E-state index in [-0.39, 0.29) is 78.4 Å². The van der Waals surface area contributed by atoms with E-state index in [1.54, 1.807) is 0 Å². The second-order valence-electron chi connectivity index (χ2n) is 9.93. The molecule has 35 heavy (non-hydrogen) atoms. The van der Waals surface area contributed by atoms with Gasteiger partial charge < -0.3 is 22.4 Å². The van der Waals surface area contributed by atoms with Crippen LogP contribution in [0.5, 0.6) is 0 Å². The minimum Gasteiger partial charge on any atom is -0.439 e. The molecule has 0 aliphatic carbocycles. The Kier molecular flexibility index (Phi) is 40.6. The van der Waals surface area contributed by atoms with Gasteiger partial charge >= 0.3 is 20.5 Å². The number of hydrogen-bond acceptors (Lipinski definition) is 7. The summed E-state index contributed by atoms with van der Waals surface area (Å²) in [7, 11) is -6.10. The Morgan fingerprint density at radius 2 is 0.943 bits per heavy atom. The predicted molar refractivity (Wildman–Crippen MR) is 166 cm³/mol. The largest absolute Gasteiger partial charge is 0.439 e. The number of rotatable bonds is 11. The minimum atomic E-state index is -2.52. The molecular formula is C25H70O7Si3. The van der Waals surface area contributed by atoms with Gasteiger partial charge in [-0.15, -0.1) is 0 Å². The first-order valence-corrected chi connectivity index (χ1v) is 18.5. The first kappa shape index (κ1) is 59.5. The topological polar surface area (TPSA) is 80.3 Å². The van der Waals surface area contributed by atoms with Crippen LogP contribution in [0.3, 0.4) is 0 Å². The zero-order chi connectivity index (χ0) is 21.5. The van der Waals surface area contributed by atoms with Crippen molar-refractivity contribution in [1.82, 2.24) is 0 Å². The van der Waals surface area contributed by atoms with Crippen molar-refractivity contribution >= 4 is 37.1 Å². The summed E-state index contributed by atoms with van der Waals surface area (Å²) in [4.78, 5) is 23.5. The van der Waals surface area contributed by atoms with Crippen LogP contribution in [0.4, 0.5) is 0 Å². The Morgan fingerprint density at radius 1 is 0.600 bits per heavy atom. The molecule has 0 N–H and O–H groups in total. The first-order chi connectivity index (χ1) is 11.9. The summed E-state index contributed by atoms with van der Waals surface area (Å²) >= 11 is 0. The molecule has 0 fully saturated rings. The number of esters is 2. The van der Waals surface area contributed by atoms with E-state index in [1.165, 1.54) is 0 Å². The average molecular weight is 567 g/mol. The Morgan fingerprint density at radius 3 is 1.23 bits per heavy atom. The molecule has 0 rings (SSSR count). The van der Waals surface area contributed by atoms with E-state index < -0.39 is 43.6 Å². The van der Waals surface area contributed by atoms with Crippen LogP contribution in [0, 0.1) is 5.41 Å². The first-order valence-electron chi connectivity index (χ1n) is 9.20. The molecule has 0 saturated heterocycles. The van der Waals surface area contributed by atoms with Gasteiger partial charge in [0.25, 0.3) is 0 Å². The smallest absolute Gasteiger partial charge is 0.327 e. The van der Waals surface area contributed by atoms with E-state index in [0.29, 0.717) is 0 Å². The van der Waals surface area contributed by atoms with Crippen molar-refractivity contribution in [1.29, 1.82) is 0 Å². The lowest BCUT2D eigenvalue weighted by Gasteiger charge is -2.37. The van der Waals surface area contributed by atoms with Crippen LogP contribution in [0.15, 0.2) is 0 Å². The molecule has 7 nitrogen and oxygen atoms in total.